The van der Waals surface area contributed by atoms with Crippen LogP contribution >= 0.6 is 12.2 Å². The molecule has 0 spiro atoms. The second kappa shape index (κ2) is 8.60. The maximum absolute atomic E-state index is 12.1. The summed E-state index contributed by atoms with van der Waals surface area (Å²) in [5.41, 5.74) is 1.74. The lowest BCUT2D eigenvalue weighted by atomic mass is 10.1. The van der Waals surface area contributed by atoms with Gasteiger partial charge in [0.1, 0.15) is 17.8 Å². The van der Waals surface area contributed by atoms with Crippen LogP contribution in [0.2, 0.25) is 0 Å². The van der Waals surface area contributed by atoms with Crippen molar-refractivity contribution in [2.45, 2.75) is 18.2 Å². The number of sulfonamides is 1. The van der Waals surface area contributed by atoms with Crippen molar-refractivity contribution in [1.82, 2.24) is 24.6 Å². The van der Waals surface area contributed by atoms with Crippen LogP contribution < -0.4 is 9.62 Å². The Hall–Kier alpha value is -3.05. The summed E-state index contributed by atoms with van der Waals surface area (Å²) in [6.45, 7) is 4.32. The van der Waals surface area contributed by atoms with E-state index in [-0.39, 0.29) is 4.90 Å². The van der Waals surface area contributed by atoms with Gasteiger partial charge in [-0.2, -0.15) is 0 Å². The van der Waals surface area contributed by atoms with Crippen LogP contribution in [-0.4, -0.2) is 65.3 Å². The van der Waals surface area contributed by atoms with E-state index in [4.69, 9.17) is 12.2 Å². The minimum Gasteiger partial charge on any atom is -0.362 e. The van der Waals surface area contributed by atoms with Crippen molar-refractivity contribution >= 4 is 50.0 Å². The first-order valence-corrected chi connectivity index (χ1v) is 11.7. The van der Waals surface area contributed by atoms with Crippen LogP contribution in [0.15, 0.2) is 47.8 Å². The van der Waals surface area contributed by atoms with Crippen molar-refractivity contribution in [2.24, 2.45) is 0 Å². The first kappa shape index (κ1) is 21.2. The molecule has 0 atom stereocenters. The molecule has 4 rings (SSSR count). The minimum atomic E-state index is -3.83. The Morgan fingerprint density at radius 3 is 2.52 bits per heavy atom. The predicted molar refractivity (Wildman–Crippen MR) is 121 cm³/mol. The quantitative estimate of drug-likeness (QED) is 0.553. The second-order valence-electron chi connectivity index (χ2n) is 7.29. The summed E-state index contributed by atoms with van der Waals surface area (Å²) >= 11 is 5.64. The third-order valence-corrected chi connectivity index (χ3v) is 6.98. The number of nitrogens with zero attached hydrogens (tertiary/aromatic N) is 4. The summed E-state index contributed by atoms with van der Waals surface area (Å²) in [6, 6.07) is 8.40. The molecule has 2 N–H and O–H groups in total. The number of benzene rings is 1. The molecule has 1 saturated heterocycles. The number of carbonyl (C=O) groups is 1. The molecule has 11 heteroatoms. The van der Waals surface area contributed by atoms with Crippen LogP contribution in [0.25, 0.3) is 11.0 Å². The fraction of sp³-hybridized carbons (Fsp3) is 0.300. The lowest BCUT2D eigenvalue weighted by molar-refractivity contribution is -0.117. The molecule has 0 saturated carbocycles. The molecule has 2 aromatic heterocycles. The smallest absolute Gasteiger partial charge is 0.264 e. The SMILES string of the molecule is CC(=O)NS(=O)(=O)c1ccc(CC(=S)N2CCN(c3ncnc4[nH]ccc34)CC2)cc1. The van der Waals surface area contributed by atoms with Gasteiger partial charge in [0.2, 0.25) is 5.91 Å². The predicted octanol–water partition coefficient (Wildman–Crippen LogP) is 1.47. The monoisotopic (exact) mass is 458 g/mol. The van der Waals surface area contributed by atoms with Gasteiger partial charge in [-0.15, -0.1) is 0 Å². The average molecular weight is 459 g/mol. The van der Waals surface area contributed by atoms with Crippen LogP contribution in [0.1, 0.15) is 12.5 Å². The maximum atomic E-state index is 12.1. The number of aromatic nitrogens is 3. The van der Waals surface area contributed by atoms with Gasteiger partial charge in [0.05, 0.1) is 15.3 Å². The zero-order valence-corrected chi connectivity index (χ0v) is 18.5. The van der Waals surface area contributed by atoms with Crippen molar-refractivity contribution in [2.75, 3.05) is 31.1 Å². The number of H-pyrrole nitrogens is 1. The number of hydrogen-bond donors (Lipinski definition) is 2. The van der Waals surface area contributed by atoms with Crippen molar-refractivity contribution in [3.8, 4) is 0 Å². The summed E-state index contributed by atoms with van der Waals surface area (Å²) in [7, 11) is -3.83. The van der Waals surface area contributed by atoms with Gasteiger partial charge in [0.25, 0.3) is 10.0 Å². The number of rotatable bonds is 5. The minimum absolute atomic E-state index is 0.0481. The number of hydrogen-bond acceptors (Lipinski definition) is 7. The van der Waals surface area contributed by atoms with Crippen LogP contribution in [0.5, 0.6) is 0 Å². The molecule has 162 valence electrons. The summed E-state index contributed by atoms with van der Waals surface area (Å²) in [4.78, 5) is 28.1. The normalized spacial score (nSPS) is 14.6. The van der Waals surface area contributed by atoms with Crippen LogP contribution in [0.4, 0.5) is 5.82 Å². The highest BCUT2D eigenvalue weighted by Gasteiger charge is 2.22. The maximum Gasteiger partial charge on any atom is 0.264 e. The molecule has 9 nitrogen and oxygen atoms in total. The molecule has 3 heterocycles. The Labute approximate surface area is 185 Å². The van der Waals surface area contributed by atoms with Crippen LogP contribution in [0, 0.1) is 0 Å². The Bertz CT molecular complexity index is 1220. The van der Waals surface area contributed by atoms with Gasteiger partial charge >= 0.3 is 0 Å². The van der Waals surface area contributed by atoms with Crippen molar-refractivity contribution in [1.29, 1.82) is 0 Å². The fourth-order valence-electron chi connectivity index (χ4n) is 3.60. The third kappa shape index (κ3) is 4.67. The van der Waals surface area contributed by atoms with Gasteiger partial charge < -0.3 is 14.8 Å². The van der Waals surface area contributed by atoms with E-state index in [1.807, 2.05) is 17.0 Å². The fourth-order valence-corrected chi connectivity index (χ4v) is 4.94. The van der Waals surface area contributed by atoms with E-state index in [0.29, 0.717) is 6.42 Å². The van der Waals surface area contributed by atoms with Gasteiger partial charge in [-0.25, -0.2) is 23.1 Å². The summed E-state index contributed by atoms with van der Waals surface area (Å²) in [5.74, 6) is 0.302. The molecule has 0 bridgehead atoms. The topological polar surface area (TPSA) is 111 Å². The first-order chi connectivity index (χ1) is 14.8. The lowest BCUT2D eigenvalue weighted by Crippen LogP contribution is -2.49. The van der Waals surface area contributed by atoms with E-state index < -0.39 is 15.9 Å². The first-order valence-electron chi connectivity index (χ1n) is 9.76. The highest BCUT2D eigenvalue weighted by atomic mass is 32.2. The number of fused-ring (bicyclic) bond motifs is 1. The molecular weight excluding hydrogens is 436 g/mol. The molecule has 1 fully saturated rings. The number of carbonyl (C=O) groups excluding carboxylic acids is 1. The van der Waals surface area contributed by atoms with Gasteiger partial charge in [0, 0.05) is 45.7 Å². The zero-order chi connectivity index (χ0) is 22.0. The number of aromatic amines is 1. The van der Waals surface area contributed by atoms with Crippen molar-refractivity contribution in [3.05, 3.63) is 48.4 Å². The highest BCUT2D eigenvalue weighted by molar-refractivity contribution is 7.90. The van der Waals surface area contributed by atoms with Gasteiger partial charge in [-0.3, -0.25) is 4.79 Å². The van der Waals surface area contributed by atoms with Crippen molar-refractivity contribution < 1.29 is 13.2 Å². The standard InChI is InChI=1S/C20H22N6O3S2/c1-14(27)24-31(28,29)16-4-2-15(3-5-16)12-18(30)25-8-10-26(11-9-25)20-17-6-7-21-19(17)22-13-23-20/h2-7,13H,8-12H2,1H3,(H,24,27)(H,21,22,23). The van der Waals surface area contributed by atoms with Gasteiger partial charge in [-0.05, 0) is 23.8 Å². The molecule has 0 unspecified atom stereocenters. The van der Waals surface area contributed by atoms with E-state index in [0.717, 1.165) is 60.5 Å². The van der Waals surface area contributed by atoms with Crippen LogP contribution in [0.3, 0.4) is 0 Å². The van der Waals surface area contributed by atoms with Crippen molar-refractivity contribution in [3.63, 3.8) is 0 Å². The van der Waals surface area contributed by atoms with E-state index in [1.54, 1.807) is 18.5 Å². The molecule has 3 aromatic rings. The lowest BCUT2D eigenvalue weighted by Gasteiger charge is -2.37. The second-order valence-corrected chi connectivity index (χ2v) is 9.44. The highest BCUT2D eigenvalue weighted by Crippen LogP contribution is 2.23. The zero-order valence-electron chi connectivity index (χ0n) is 16.9. The molecule has 1 amide bonds. The molecular formula is C20H22N6O3S2. The van der Waals surface area contributed by atoms with Gasteiger partial charge in [0.15, 0.2) is 0 Å². The molecule has 0 radical (unpaired) electrons. The molecule has 1 aromatic carbocycles. The third-order valence-electron chi connectivity index (χ3n) is 5.13. The summed E-state index contributed by atoms with van der Waals surface area (Å²) in [6.07, 6.45) is 3.98. The average Bonchev–Trinajstić information content (AvgIpc) is 3.22. The Balaban J connectivity index is 1.36. The molecule has 31 heavy (non-hydrogen) atoms. The summed E-state index contributed by atoms with van der Waals surface area (Å²) < 4.78 is 26.1. The summed E-state index contributed by atoms with van der Waals surface area (Å²) in [5, 5.41) is 1.01. The number of anilines is 1. The Morgan fingerprint density at radius 1 is 1.13 bits per heavy atom. The van der Waals surface area contributed by atoms with E-state index in [2.05, 4.69) is 24.8 Å². The van der Waals surface area contributed by atoms with E-state index in [9.17, 15) is 13.2 Å². The number of nitrogens with one attached hydrogen (secondary N) is 2. The molecule has 1 aliphatic heterocycles. The van der Waals surface area contributed by atoms with E-state index >= 15 is 0 Å². The molecule has 1 aliphatic rings. The number of thiocarbonyl (C=S) groups is 1. The number of amides is 1. The number of piperazine rings is 1. The van der Waals surface area contributed by atoms with Gasteiger partial charge in [-0.1, -0.05) is 24.4 Å². The largest absolute Gasteiger partial charge is 0.362 e. The molecule has 0 aliphatic carbocycles. The Kier molecular flexibility index (Phi) is 5.88. The van der Waals surface area contributed by atoms with Crippen LogP contribution in [-0.2, 0) is 21.2 Å². The Morgan fingerprint density at radius 2 is 1.84 bits per heavy atom. The van der Waals surface area contributed by atoms with E-state index in [1.165, 1.54) is 12.1 Å².